The molecule has 0 bridgehead atoms. The summed E-state index contributed by atoms with van der Waals surface area (Å²) >= 11 is 0. The van der Waals surface area contributed by atoms with Gasteiger partial charge in [0.1, 0.15) is 23.0 Å². The Bertz CT molecular complexity index is 4650. The van der Waals surface area contributed by atoms with E-state index in [1.807, 2.05) is 0 Å². The molecule has 7 heteroatoms. The van der Waals surface area contributed by atoms with Crippen LogP contribution >= 0.6 is 0 Å². The van der Waals surface area contributed by atoms with Gasteiger partial charge in [0.05, 0.1) is 33.4 Å². The standard InChI is InChI=1S/C75H49BN4O2/c1-48-40-71-75-72(41-48)82-70-43-60-64(80(54-34-18-7-19-35-54)68-47-66(56-37-21-23-39-58(56)74(60)68)78(51-28-12-4-13-29-51)52-30-14-5-15-31-52)45-62(70)76(75)61-44-63-59(42-69(61)81-71)73-57-38-22-20-36-55(57)65(46-67(73)79(63)53-32-16-6-17-33-53)77(49-24-8-2-9-25-49)50-26-10-3-11-27-50/h2-47H,1H3. The largest absolute Gasteiger partial charge is 0.458 e. The van der Waals surface area contributed by atoms with E-state index in [1.54, 1.807) is 0 Å². The Kier molecular flexibility index (Phi) is 10.2. The number of hydrogen-bond acceptors (Lipinski definition) is 4. The van der Waals surface area contributed by atoms with Crippen molar-refractivity contribution in [3.63, 3.8) is 0 Å². The van der Waals surface area contributed by atoms with Gasteiger partial charge in [0, 0.05) is 71.9 Å². The van der Waals surface area contributed by atoms with Crippen molar-refractivity contribution in [2.24, 2.45) is 0 Å². The maximum absolute atomic E-state index is 7.26. The topological polar surface area (TPSA) is 34.8 Å². The van der Waals surface area contributed by atoms with Gasteiger partial charge in [-0.1, -0.05) is 158 Å². The molecule has 2 aliphatic heterocycles. The summed E-state index contributed by atoms with van der Waals surface area (Å²) in [5.74, 6) is 3.32. The predicted octanol–water partition coefficient (Wildman–Crippen LogP) is 18.2. The van der Waals surface area contributed by atoms with Gasteiger partial charge in [-0.2, -0.15) is 0 Å². The second kappa shape index (κ2) is 18.1. The minimum atomic E-state index is -0.228. The number of anilines is 6. The highest BCUT2D eigenvalue weighted by Crippen LogP contribution is 2.49. The lowest BCUT2D eigenvalue weighted by Gasteiger charge is -2.33. The quantitative estimate of drug-likeness (QED) is 0.142. The Morgan fingerprint density at radius 2 is 0.634 bits per heavy atom. The maximum atomic E-state index is 7.26. The van der Waals surface area contributed by atoms with Crippen molar-refractivity contribution in [2.75, 3.05) is 9.80 Å². The zero-order valence-electron chi connectivity index (χ0n) is 44.7. The van der Waals surface area contributed by atoms with Crippen molar-refractivity contribution >= 4 is 122 Å². The molecule has 0 saturated heterocycles. The fourth-order valence-corrected chi connectivity index (χ4v) is 13.6. The molecular formula is C75H49BN4O2. The lowest BCUT2D eigenvalue weighted by molar-refractivity contribution is 0.464. The molecule has 0 amide bonds. The van der Waals surface area contributed by atoms with Crippen LogP contribution in [0.25, 0.3) is 76.5 Å². The van der Waals surface area contributed by atoms with Gasteiger partial charge < -0.3 is 28.4 Å². The van der Waals surface area contributed by atoms with E-state index in [0.717, 1.165) is 134 Å². The first-order valence-corrected chi connectivity index (χ1v) is 28.1. The van der Waals surface area contributed by atoms with Gasteiger partial charge in [-0.3, -0.25) is 0 Å². The normalized spacial score (nSPS) is 12.4. The number of fused-ring (bicyclic) bond motifs is 14. The fraction of sp³-hybridized carbons (Fsp3) is 0.0133. The van der Waals surface area contributed by atoms with Crippen molar-refractivity contribution in [1.29, 1.82) is 0 Å². The summed E-state index contributed by atoms with van der Waals surface area (Å²) in [6.07, 6.45) is 0. The minimum Gasteiger partial charge on any atom is -0.458 e. The Morgan fingerprint density at radius 1 is 0.305 bits per heavy atom. The number of hydrogen-bond donors (Lipinski definition) is 0. The van der Waals surface area contributed by atoms with E-state index in [1.165, 1.54) is 21.5 Å². The molecule has 384 valence electrons. The monoisotopic (exact) mass is 1050 g/mol. The van der Waals surface area contributed by atoms with E-state index in [4.69, 9.17) is 9.47 Å². The molecule has 2 aromatic heterocycles. The molecule has 0 saturated carbocycles. The SMILES string of the molecule is Cc1cc2c3c(c1)Oc1cc4c5c6ccccc6c(N(c6ccccc6)c6ccccc6)cc5n(-c5ccccc5)c4cc1B3c1cc3c(cc1O2)c1c2ccccc2c(N(c2ccccc2)c2ccccc2)cc1n3-c1ccccc1. The average Bonchev–Trinajstić information content (AvgIpc) is 2.28. The first kappa shape index (κ1) is 46.2. The third kappa shape index (κ3) is 6.96. The summed E-state index contributed by atoms with van der Waals surface area (Å²) in [4.78, 5) is 4.79. The Labute approximate surface area is 474 Å². The van der Waals surface area contributed by atoms with Gasteiger partial charge in [0.2, 0.25) is 0 Å². The molecule has 4 heterocycles. The molecule has 0 atom stereocenters. The zero-order chi connectivity index (χ0) is 54.0. The number of para-hydroxylation sites is 6. The first-order valence-electron chi connectivity index (χ1n) is 28.1. The van der Waals surface area contributed by atoms with Crippen molar-refractivity contribution in [1.82, 2.24) is 9.13 Å². The second-order valence-electron chi connectivity index (χ2n) is 21.7. The van der Waals surface area contributed by atoms with Crippen LogP contribution in [0.3, 0.4) is 0 Å². The molecule has 6 nitrogen and oxygen atoms in total. The summed E-state index contributed by atoms with van der Waals surface area (Å²) in [6.45, 7) is 1.90. The van der Waals surface area contributed by atoms with Crippen molar-refractivity contribution in [3.8, 4) is 34.4 Å². The number of nitrogens with zero attached hydrogens (tertiary/aromatic N) is 4. The van der Waals surface area contributed by atoms with E-state index >= 15 is 0 Å². The highest BCUT2D eigenvalue weighted by atomic mass is 16.5. The molecule has 82 heavy (non-hydrogen) atoms. The van der Waals surface area contributed by atoms with Crippen LogP contribution in [0, 0.1) is 6.92 Å². The second-order valence-corrected chi connectivity index (χ2v) is 21.7. The van der Waals surface area contributed by atoms with Crippen LogP contribution < -0.4 is 35.7 Å². The number of benzene rings is 13. The molecule has 0 aliphatic carbocycles. The van der Waals surface area contributed by atoms with E-state index < -0.39 is 0 Å². The fourth-order valence-electron chi connectivity index (χ4n) is 13.6. The lowest BCUT2D eigenvalue weighted by Crippen LogP contribution is -2.57. The molecule has 2 aliphatic rings. The van der Waals surface area contributed by atoms with Crippen LogP contribution in [0.1, 0.15) is 5.56 Å². The first-order chi connectivity index (χ1) is 40.6. The number of ether oxygens (including phenoxy) is 2. The Morgan fingerprint density at radius 3 is 1.00 bits per heavy atom. The summed E-state index contributed by atoms with van der Waals surface area (Å²) in [6, 6.07) is 101. The lowest BCUT2D eigenvalue weighted by atomic mass is 9.34. The number of aromatic nitrogens is 2. The number of rotatable bonds is 8. The molecule has 0 unspecified atom stereocenters. The third-order valence-corrected chi connectivity index (χ3v) is 16.9. The van der Waals surface area contributed by atoms with Gasteiger partial charge in [-0.15, -0.1) is 0 Å². The minimum absolute atomic E-state index is 0.228. The maximum Gasteiger partial charge on any atom is 0.260 e. The molecule has 17 rings (SSSR count). The van der Waals surface area contributed by atoms with Crippen LogP contribution in [0.4, 0.5) is 34.1 Å². The van der Waals surface area contributed by atoms with E-state index in [0.29, 0.717) is 0 Å². The highest BCUT2D eigenvalue weighted by Gasteiger charge is 2.42. The van der Waals surface area contributed by atoms with E-state index in [9.17, 15) is 0 Å². The average molecular weight is 1050 g/mol. The third-order valence-electron chi connectivity index (χ3n) is 16.9. The molecule has 15 aromatic rings. The number of aryl methyl sites for hydroxylation is 1. The van der Waals surface area contributed by atoms with E-state index in [2.05, 4.69) is 305 Å². The highest BCUT2D eigenvalue weighted by molar-refractivity contribution is 6.98. The van der Waals surface area contributed by atoms with Crippen molar-refractivity contribution in [3.05, 3.63) is 285 Å². The van der Waals surface area contributed by atoms with Crippen LogP contribution in [-0.2, 0) is 0 Å². The van der Waals surface area contributed by atoms with Crippen LogP contribution in [0.2, 0.25) is 0 Å². The molecular weight excluding hydrogens is 1000 g/mol. The summed E-state index contributed by atoms with van der Waals surface area (Å²) in [7, 11) is 0. The van der Waals surface area contributed by atoms with Crippen molar-refractivity contribution < 1.29 is 9.47 Å². The van der Waals surface area contributed by atoms with Crippen LogP contribution in [0.5, 0.6) is 23.0 Å². The zero-order valence-corrected chi connectivity index (χ0v) is 44.7. The predicted molar refractivity (Wildman–Crippen MR) is 342 cm³/mol. The molecule has 0 radical (unpaired) electrons. The molecule has 0 spiro atoms. The van der Waals surface area contributed by atoms with Gasteiger partial charge in [-0.25, -0.2) is 0 Å². The summed E-state index contributed by atoms with van der Waals surface area (Å²) < 4.78 is 19.5. The van der Waals surface area contributed by atoms with Gasteiger partial charge in [-0.05, 0) is 156 Å². The summed E-state index contributed by atoms with van der Waals surface area (Å²) in [5.41, 5.74) is 17.4. The van der Waals surface area contributed by atoms with Gasteiger partial charge in [0.25, 0.3) is 6.71 Å². The molecule has 0 N–H and O–H groups in total. The van der Waals surface area contributed by atoms with Crippen molar-refractivity contribution in [2.45, 2.75) is 6.92 Å². The van der Waals surface area contributed by atoms with Crippen LogP contribution in [0.15, 0.2) is 279 Å². The van der Waals surface area contributed by atoms with Gasteiger partial charge in [0.15, 0.2) is 0 Å². The van der Waals surface area contributed by atoms with E-state index in [-0.39, 0.29) is 6.71 Å². The van der Waals surface area contributed by atoms with Gasteiger partial charge >= 0.3 is 0 Å². The molecule has 13 aromatic carbocycles. The Hall–Kier alpha value is -10.8. The van der Waals surface area contributed by atoms with Crippen LogP contribution in [-0.4, -0.2) is 15.8 Å². The molecule has 0 fully saturated rings. The Balaban J connectivity index is 0.954. The smallest absolute Gasteiger partial charge is 0.260 e. The summed E-state index contributed by atoms with van der Waals surface area (Å²) in [5, 5.41) is 9.24.